The van der Waals surface area contributed by atoms with Gasteiger partial charge in [0.1, 0.15) is 6.10 Å². The van der Waals surface area contributed by atoms with Crippen molar-refractivity contribution in [2.24, 2.45) is 5.73 Å². The maximum absolute atomic E-state index is 5.53. The molecular weight excluding hydrogens is 218 g/mol. The number of hydrogen-bond donors (Lipinski definition) is 1. The minimum atomic E-state index is -0.346. The third-order valence-electron chi connectivity index (χ3n) is 2.49. The van der Waals surface area contributed by atoms with Gasteiger partial charge >= 0.3 is 0 Å². The van der Waals surface area contributed by atoms with E-state index in [1.807, 2.05) is 31.2 Å². The maximum atomic E-state index is 5.53. The summed E-state index contributed by atoms with van der Waals surface area (Å²) in [7, 11) is 1.56. The first-order valence-electron chi connectivity index (χ1n) is 5.38. The van der Waals surface area contributed by atoms with E-state index in [0.29, 0.717) is 18.3 Å². The van der Waals surface area contributed by atoms with Crippen LogP contribution in [0.4, 0.5) is 0 Å². The second kappa shape index (κ2) is 5.07. The Bertz CT molecular complexity index is 492. The summed E-state index contributed by atoms with van der Waals surface area (Å²) >= 11 is 0. The molecule has 1 unspecified atom stereocenters. The first-order chi connectivity index (χ1) is 8.24. The Labute approximate surface area is 99.6 Å². The third kappa shape index (κ3) is 2.51. The first-order valence-corrected chi connectivity index (χ1v) is 5.38. The summed E-state index contributed by atoms with van der Waals surface area (Å²) in [5, 5.41) is 3.92. The van der Waals surface area contributed by atoms with Crippen molar-refractivity contribution in [3.05, 3.63) is 35.7 Å². The zero-order valence-corrected chi connectivity index (χ0v) is 9.88. The van der Waals surface area contributed by atoms with Crippen LogP contribution in [0.3, 0.4) is 0 Å². The fourth-order valence-corrected chi connectivity index (χ4v) is 1.57. The van der Waals surface area contributed by atoms with Crippen molar-refractivity contribution in [3.8, 4) is 11.4 Å². The van der Waals surface area contributed by atoms with Crippen LogP contribution in [0.15, 0.2) is 28.8 Å². The lowest BCUT2D eigenvalue weighted by Crippen LogP contribution is -2.14. The number of nitrogens with zero attached hydrogens (tertiary/aromatic N) is 2. The Morgan fingerprint density at radius 1 is 1.47 bits per heavy atom. The van der Waals surface area contributed by atoms with Gasteiger partial charge in [-0.25, -0.2) is 0 Å². The highest BCUT2D eigenvalue weighted by Crippen LogP contribution is 2.20. The third-order valence-corrected chi connectivity index (χ3v) is 2.49. The first kappa shape index (κ1) is 11.8. The quantitative estimate of drug-likeness (QED) is 0.869. The van der Waals surface area contributed by atoms with Crippen LogP contribution in [0, 0.1) is 6.92 Å². The topological polar surface area (TPSA) is 74.2 Å². The molecule has 0 radical (unpaired) electrons. The van der Waals surface area contributed by atoms with Gasteiger partial charge < -0.3 is 15.0 Å². The summed E-state index contributed by atoms with van der Waals surface area (Å²) in [6.45, 7) is 2.33. The summed E-state index contributed by atoms with van der Waals surface area (Å²) < 4.78 is 10.3. The molecule has 0 aliphatic heterocycles. The molecule has 1 aromatic heterocycles. The molecular formula is C12H15N3O2. The molecule has 1 aromatic carbocycles. The van der Waals surface area contributed by atoms with Crippen molar-refractivity contribution in [1.29, 1.82) is 0 Å². The van der Waals surface area contributed by atoms with Gasteiger partial charge in [0.15, 0.2) is 0 Å². The number of hydrogen-bond acceptors (Lipinski definition) is 5. The minimum Gasteiger partial charge on any atom is -0.370 e. The molecule has 0 amide bonds. The number of nitrogens with two attached hydrogens (primary N) is 1. The fraction of sp³-hybridized carbons (Fsp3) is 0.333. The van der Waals surface area contributed by atoms with Crippen molar-refractivity contribution in [3.63, 3.8) is 0 Å². The van der Waals surface area contributed by atoms with Gasteiger partial charge in [-0.3, -0.25) is 0 Å². The number of methoxy groups -OCH3 is 1. The fourth-order valence-electron chi connectivity index (χ4n) is 1.57. The second-order valence-corrected chi connectivity index (χ2v) is 3.79. The predicted molar refractivity (Wildman–Crippen MR) is 63.3 cm³/mol. The highest BCUT2D eigenvalue weighted by atomic mass is 16.5. The maximum Gasteiger partial charge on any atom is 0.257 e. The molecule has 2 N–H and O–H groups in total. The summed E-state index contributed by atoms with van der Waals surface area (Å²) in [5.74, 6) is 0.964. The molecule has 1 atom stereocenters. The highest BCUT2D eigenvalue weighted by molar-refractivity contribution is 5.55. The van der Waals surface area contributed by atoms with Gasteiger partial charge in [0.05, 0.1) is 0 Å². The van der Waals surface area contributed by atoms with Gasteiger partial charge in [-0.05, 0) is 13.0 Å². The van der Waals surface area contributed by atoms with Crippen molar-refractivity contribution < 1.29 is 9.26 Å². The van der Waals surface area contributed by atoms with Crippen LogP contribution >= 0.6 is 0 Å². The standard InChI is InChI=1S/C12H15N3O2/c1-8-4-3-5-9(6-8)11-14-12(17-15-11)10(7-13)16-2/h3-6,10H,7,13H2,1-2H3. The Hall–Kier alpha value is -1.72. The van der Waals surface area contributed by atoms with Crippen molar-refractivity contribution in [1.82, 2.24) is 10.1 Å². The molecule has 5 nitrogen and oxygen atoms in total. The highest BCUT2D eigenvalue weighted by Gasteiger charge is 2.17. The molecule has 0 fully saturated rings. The van der Waals surface area contributed by atoms with Crippen molar-refractivity contribution in [2.45, 2.75) is 13.0 Å². The molecule has 0 spiro atoms. The van der Waals surface area contributed by atoms with E-state index in [9.17, 15) is 0 Å². The van der Waals surface area contributed by atoms with Gasteiger partial charge in [0.25, 0.3) is 5.89 Å². The lowest BCUT2D eigenvalue weighted by molar-refractivity contribution is 0.0804. The summed E-state index contributed by atoms with van der Waals surface area (Å²) in [4.78, 5) is 4.28. The van der Waals surface area contributed by atoms with Gasteiger partial charge in [-0.1, -0.05) is 28.9 Å². The van der Waals surface area contributed by atoms with Crippen molar-refractivity contribution in [2.75, 3.05) is 13.7 Å². The normalized spacial score (nSPS) is 12.6. The Balaban J connectivity index is 2.29. The van der Waals surface area contributed by atoms with E-state index in [-0.39, 0.29) is 6.10 Å². The number of aryl methyl sites for hydroxylation is 1. The molecule has 90 valence electrons. The molecule has 0 aliphatic carbocycles. The van der Waals surface area contributed by atoms with E-state index in [1.165, 1.54) is 0 Å². The predicted octanol–water partition coefficient (Wildman–Crippen LogP) is 1.69. The molecule has 1 heterocycles. The summed E-state index contributed by atoms with van der Waals surface area (Å²) in [5.41, 5.74) is 7.61. The van der Waals surface area contributed by atoms with E-state index < -0.39 is 0 Å². The largest absolute Gasteiger partial charge is 0.370 e. The van der Waals surface area contributed by atoms with Crippen molar-refractivity contribution >= 4 is 0 Å². The number of rotatable bonds is 4. The van der Waals surface area contributed by atoms with E-state index >= 15 is 0 Å². The van der Waals surface area contributed by atoms with Gasteiger partial charge in [-0.15, -0.1) is 0 Å². The van der Waals surface area contributed by atoms with Crippen LogP contribution in [0.1, 0.15) is 17.6 Å². The molecule has 17 heavy (non-hydrogen) atoms. The molecule has 5 heteroatoms. The number of ether oxygens (including phenoxy) is 1. The van der Waals surface area contributed by atoms with Gasteiger partial charge in [0.2, 0.25) is 5.82 Å². The molecule has 0 bridgehead atoms. The smallest absolute Gasteiger partial charge is 0.257 e. The van der Waals surface area contributed by atoms with Crippen LogP contribution in [0.25, 0.3) is 11.4 Å². The minimum absolute atomic E-state index is 0.311. The Morgan fingerprint density at radius 2 is 2.29 bits per heavy atom. The molecule has 0 saturated carbocycles. The number of aromatic nitrogens is 2. The van der Waals surface area contributed by atoms with Crippen LogP contribution in [0.2, 0.25) is 0 Å². The van der Waals surface area contributed by atoms with Crippen LogP contribution < -0.4 is 5.73 Å². The van der Waals surface area contributed by atoms with E-state index in [0.717, 1.165) is 11.1 Å². The monoisotopic (exact) mass is 233 g/mol. The molecule has 2 rings (SSSR count). The summed E-state index contributed by atoms with van der Waals surface area (Å²) in [6, 6.07) is 7.91. The zero-order chi connectivity index (χ0) is 12.3. The van der Waals surface area contributed by atoms with Crippen LogP contribution in [0.5, 0.6) is 0 Å². The average molecular weight is 233 g/mol. The lowest BCUT2D eigenvalue weighted by atomic mass is 10.1. The molecule has 2 aromatic rings. The van der Waals surface area contributed by atoms with E-state index in [2.05, 4.69) is 10.1 Å². The Kier molecular flexibility index (Phi) is 3.51. The van der Waals surface area contributed by atoms with Crippen LogP contribution in [-0.4, -0.2) is 23.8 Å². The molecule has 0 aliphatic rings. The van der Waals surface area contributed by atoms with Gasteiger partial charge in [0, 0.05) is 19.2 Å². The van der Waals surface area contributed by atoms with E-state index in [4.69, 9.17) is 15.0 Å². The zero-order valence-electron chi connectivity index (χ0n) is 9.88. The Morgan fingerprint density at radius 3 is 2.94 bits per heavy atom. The average Bonchev–Trinajstić information content (AvgIpc) is 2.80. The van der Waals surface area contributed by atoms with E-state index in [1.54, 1.807) is 7.11 Å². The lowest BCUT2D eigenvalue weighted by Gasteiger charge is -2.05. The number of benzene rings is 1. The summed E-state index contributed by atoms with van der Waals surface area (Å²) in [6.07, 6.45) is -0.346. The van der Waals surface area contributed by atoms with Gasteiger partial charge in [-0.2, -0.15) is 4.98 Å². The van der Waals surface area contributed by atoms with Crippen LogP contribution in [-0.2, 0) is 4.74 Å². The molecule has 0 saturated heterocycles. The second-order valence-electron chi connectivity index (χ2n) is 3.79. The SMILES string of the molecule is COC(CN)c1nc(-c2cccc(C)c2)no1.